The first-order chi connectivity index (χ1) is 14.5. The fourth-order valence-corrected chi connectivity index (χ4v) is 4.16. The minimum absolute atomic E-state index is 0.252. The molecule has 2 heterocycles. The van der Waals surface area contributed by atoms with Crippen LogP contribution in [0.2, 0.25) is 0 Å². The molecule has 2 aromatic heterocycles. The van der Waals surface area contributed by atoms with E-state index < -0.39 is 0 Å². The van der Waals surface area contributed by atoms with Crippen molar-refractivity contribution >= 4 is 22.4 Å². The second kappa shape index (κ2) is 8.51. The maximum atomic E-state index is 12.8. The van der Waals surface area contributed by atoms with Crippen molar-refractivity contribution in [2.24, 2.45) is 0 Å². The van der Waals surface area contributed by atoms with E-state index in [1.165, 1.54) is 21.5 Å². The Hall–Kier alpha value is -3.45. The average Bonchev–Trinajstić information content (AvgIpc) is 3.34. The smallest absolute Gasteiger partial charge is 0.312 e. The summed E-state index contributed by atoms with van der Waals surface area (Å²) in [6, 6.07) is 15.3. The Morgan fingerprint density at radius 3 is 2.70 bits per heavy atom. The Morgan fingerprint density at radius 1 is 1.20 bits per heavy atom. The SMILES string of the molecule is CCCc1ccc(-c2nc(NC(=O)c3cccc(-n4cc[nH]c4=O)c3)sc2C)cc1. The molecule has 30 heavy (non-hydrogen) atoms. The van der Waals surface area contributed by atoms with Crippen molar-refractivity contribution in [2.75, 3.05) is 5.32 Å². The van der Waals surface area contributed by atoms with Gasteiger partial charge in [0, 0.05) is 28.4 Å². The molecule has 0 aliphatic carbocycles. The number of imidazole rings is 1. The van der Waals surface area contributed by atoms with Crippen LogP contribution in [0.1, 0.15) is 34.1 Å². The van der Waals surface area contributed by atoms with Crippen LogP contribution < -0.4 is 11.0 Å². The zero-order valence-electron chi connectivity index (χ0n) is 16.8. The molecule has 0 aliphatic heterocycles. The van der Waals surface area contributed by atoms with Crippen molar-refractivity contribution in [3.05, 3.63) is 87.4 Å². The monoisotopic (exact) mass is 418 g/mol. The van der Waals surface area contributed by atoms with E-state index in [-0.39, 0.29) is 11.6 Å². The van der Waals surface area contributed by atoms with Gasteiger partial charge in [-0.1, -0.05) is 43.7 Å². The molecule has 1 amide bonds. The molecule has 0 saturated carbocycles. The Kier molecular flexibility index (Phi) is 5.63. The molecule has 4 rings (SSSR count). The van der Waals surface area contributed by atoms with Gasteiger partial charge in [-0.3, -0.25) is 14.7 Å². The molecule has 0 spiro atoms. The second-order valence-electron chi connectivity index (χ2n) is 7.01. The van der Waals surface area contributed by atoms with Gasteiger partial charge < -0.3 is 4.98 Å². The summed E-state index contributed by atoms with van der Waals surface area (Å²) in [5.74, 6) is -0.265. The van der Waals surface area contributed by atoms with Crippen LogP contribution in [-0.4, -0.2) is 20.4 Å². The third-order valence-corrected chi connectivity index (χ3v) is 5.71. The Bertz CT molecular complexity index is 1230. The molecule has 4 aromatic rings. The van der Waals surface area contributed by atoms with Gasteiger partial charge in [-0.25, -0.2) is 9.78 Å². The normalized spacial score (nSPS) is 10.9. The fraction of sp³-hybridized carbons (Fsp3) is 0.174. The molecule has 0 radical (unpaired) electrons. The maximum Gasteiger partial charge on any atom is 0.330 e. The fourth-order valence-electron chi connectivity index (χ4n) is 3.33. The maximum absolute atomic E-state index is 12.8. The lowest BCUT2D eigenvalue weighted by molar-refractivity contribution is 0.102. The van der Waals surface area contributed by atoms with E-state index >= 15 is 0 Å². The van der Waals surface area contributed by atoms with Gasteiger partial charge in [0.15, 0.2) is 5.13 Å². The third-order valence-electron chi connectivity index (χ3n) is 4.82. The van der Waals surface area contributed by atoms with Crippen LogP contribution in [0.5, 0.6) is 0 Å². The Balaban J connectivity index is 1.54. The van der Waals surface area contributed by atoms with Crippen LogP contribution in [0.3, 0.4) is 0 Å². The summed E-state index contributed by atoms with van der Waals surface area (Å²) in [4.78, 5) is 32.8. The number of nitrogens with one attached hydrogen (secondary N) is 2. The van der Waals surface area contributed by atoms with Gasteiger partial charge in [0.25, 0.3) is 5.91 Å². The number of rotatable bonds is 6. The molecule has 0 bridgehead atoms. The lowest BCUT2D eigenvalue weighted by atomic mass is 10.1. The van der Waals surface area contributed by atoms with E-state index in [2.05, 4.69) is 46.5 Å². The number of H-pyrrole nitrogens is 1. The quantitative estimate of drug-likeness (QED) is 0.472. The van der Waals surface area contributed by atoms with Crippen LogP contribution in [0.4, 0.5) is 5.13 Å². The zero-order chi connectivity index (χ0) is 21.1. The highest BCUT2D eigenvalue weighted by atomic mass is 32.1. The van der Waals surface area contributed by atoms with Crippen molar-refractivity contribution in [1.29, 1.82) is 0 Å². The molecule has 0 atom stereocenters. The van der Waals surface area contributed by atoms with Crippen LogP contribution in [0.25, 0.3) is 16.9 Å². The number of benzene rings is 2. The summed E-state index contributed by atoms with van der Waals surface area (Å²) in [7, 11) is 0. The van der Waals surface area contributed by atoms with E-state index in [9.17, 15) is 9.59 Å². The lowest BCUT2D eigenvalue weighted by Gasteiger charge is -2.05. The molecule has 0 fully saturated rings. The number of carbonyl (C=O) groups is 1. The van der Waals surface area contributed by atoms with E-state index in [1.54, 1.807) is 36.7 Å². The summed E-state index contributed by atoms with van der Waals surface area (Å²) in [5, 5.41) is 3.43. The number of hydrogen-bond acceptors (Lipinski definition) is 4. The van der Waals surface area contributed by atoms with Gasteiger partial charge in [-0.15, -0.1) is 11.3 Å². The number of hydrogen-bond donors (Lipinski definition) is 2. The number of thiazole rings is 1. The van der Waals surface area contributed by atoms with Gasteiger partial charge in [0.2, 0.25) is 0 Å². The van der Waals surface area contributed by atoms with E-state index in [0.717, 1.165) is 29.0 Å². The van der Waals surface area contributed by atoms with E-state index in [4.69, 9.17) is 0 Å². The van der Waals surface area contributed by atoms with Gasteiger partial charge in [0.1, 0.15) is 0 Å². The predicted molar refractivity (Wildman–Crippen MR) is 121 cm³/mol. The summed E-state index contributed by atoms with van der Waals surface area (Å²) in [6.45, 7) is 4.17. The predicted octanol–water partition coefficient (Wildman–Crippen LogP) is 4.80. The molecule has 6 nitrogen and oxygen atoms in total. The van der Waals surface area contributed by atoms with E-state index in [1.807, 2.05) is 6.92 Å². The molecule has 0 aliphatic rings. The molecular weight excluding hydrogens is 396 g/mol. The number of amides is 1. The third kappa shape index (κ3) is 4.11. The highest BCUT2D eigenvalue weighted by Crippen LogP contribution is 2.31. The largest absolute Gasteiger partial charge is 0.330 e. The van der Waals surface area contributed by atoms with Crippen molar-refractivity contribution in [3.8, 4) is 16.9 Å². The van der Waals surface area contributed by atoms with Crippen molar-refractivity contribution in [2.45, 2.75) is 26.7 Å². The lowest BCUT2D eigenvalue weighted by Crippen LogP contribution is -2.16. The number of aromatic amines is 1. The van der Waals surface area contributed by atoms with Crippen molar-refractivity contribution in [1.82, 2.24) is 14.5 Å². The number of nitrogens with zero attached hydrogens (tertiary/aromatic N) is 2. The highest BCUT2D eigenvalue weighted by Gasteiger charge is 2.14. The molecule has 0 saturated heterocycles. The van der Waals surface area contributed by atoms with Gasteiger partial charge in [-0.2, -0.15) is 0 Å². The minimum atomic E-state index is -0.265. The molecule has 2 aromatic carbocycles. The first-order valence-corrected chi connectivity index (χ1v) is 10.6. The highest BCUT2D eigenvalue weighted by molar-refractivity contribution is 7.16. The molecule has 7 heteroatoms. The molecule has 152 valence electrons. The molecule has 2 N–H and O–H groups in total. The summed E-state index contributed by atoms with van der Waals surface area (Å²) < 4.78 is 1.45. The van der Waals surface area contributed by atoms with Crippen molar-refractivity contribution < 1.29 is 4.79 Å². The first kappa shape index (κ1) is 19.8. The van der Waals surface area contributed by atoms with Crippen LogP contribution in [-0.2, 0) is 6.42 Å². The van der Waals surface area contributed by atoms with Gasteiger partial charge in [0.05, 0.1) is 11.4 Å². The van der Waals surface area contributed by atoms with E-state index in [0.29, 0.717) is 16.4 Å². The van der Waals surface area contributed by atoms with Crippen LogP contribution in [0.15, 0.2) is 65.7 Å². The molecular formula is C23H22N4O2S. The summed E-state index contributed by atoms with van der Waals surface area (Å²) >= 11 is 1.45. The standard InChI is InChI=1S/C23H22N4O2S/c1-3-5-16-8-10-17(11-9-16)20-15(2)30-22(25-20)26-21(28)18-6-4-7-19(14-18)27-13-12-24-23(27)29/h4,6-14H,3,5H2,1-2H3,(H,24,29)(H,25,26,28). The van der Waals surface area contributed by atoms with Gasteiger partial charge >= 0.3 is 5.69 Å². The number of anilines is 1. The topological polar surface area (TPSA) is 79.8 Å². The van der Waals surface area contributed by atoms with Crippen LogP contribution in [0, 0.1) is 6.92 Å². The Morgan fingerprint density at radius 2 is 2.00 bits per heavy atom. The Labute approximate surface area is 178 Å². The summed E-state index contributed by atoms with van der Waals surface area (Å²) in [6.07, 6.45) is 5.36. The van der Waals surface area contributed by atoms with Crippen LogP contribution >= 0.6 is 11.3 Å². The average molecular weight is 419 g/mol. The minimum Gasteiger partial charge on any atom is -0.312 e. The second-order valence-corrected chi connectivity index (χ2v) is 8.21. The first-order valence-electron chi connectivity index (χ1n) is 9.79. The van der Waals surface area contributed by atoms with Crippen molar-refractivity contribution in [3.63, 3.8) is 0 Å². The zero-order valence-corrected chi connectivity index (χ0v) is 17.6. The summed E-state index contributed by atoms with van der Waals surface area (Å²) in [5.41, 5.74) is 4.06. The number of aryl methyl sites for hydroxylation is 2. The number of carbonyl (C=O) groups excluding carboxylic acids is 1. The van der Waals surface area contributed by atoms with Gasteiger partial charge in [-0.05, 0) is 37.1 Å². The molecule has 0 unspecified atom stereocenters. The number of aromatic nitrogens is 3.